The Morgan fingerprint density at radius 1 is 0.833 bits per heavy atom. The van der Waals surface area contributed by atoms with Crippen LogP contribution in [-0.2, 0) is 0 Å². The SMILES string of the molecule is CC1CCN(C2CCN(CC3CN(C4C[N+](I)(I)C4)C3)CC2)CC1. The molecule has 138 valence electrons. The van der Waals surface area contributed by atoms with E-state index in [1.165, 1.54) is 85.5 Å². The Labute approximate surface area is 175 Å². The molecule has 6 heteroatoms. The van der Waals surface area contributed by atoms with Crippen LogP contribution < -0.4 is 0 Å². The minimum Gasteiger partial charge on any atom is -0.303 e. The summed E-state index contributed by atoms with van der Waals surface area (Å²) < 4.78 is 1.17. The van der Waals surface area contributed by atoms with Crippen LogP contribution in [0.2, 0.25) is 0 Å². The number of nitrogens with zero attached hydrogens (tertiary/aromatic N) is 4. The van der Waals surface area contributed by atoms with E-state index in [-0.39, 0.29) is 0 Å². The van der Waals surface area contributed by atoms with Crippen LogP contribution in [0.25, 0.3) is 0 Å². The molecule has 0 aromatic heterocycles. The summed E-state index contributed by atoms with van der Waals surface area (Å²) in [5.41, 5.74) is 0. The Kier molecular flexibility index (Phi) is 6.01. The summed E-state index contributed by atoms with van der Waals surface area (Å²) in [7, 11) is 0. The van der Waals surface area contributed by atoms with Gasteiger partial charge in [-0.2, -0.15) is 0 Å². The lowest BCUT2D eigenvalue weighted by molar-refractivity contribution is -0.627. The number of rotatable bonds is 4. The first-order chi connectivity index (χ1) is 11.5. The molecule has 0 aromatic carbocycles. The van der Waals surface area contributed by atoms with Crippen LogP contribution in [0.1, 0.15) is 32.6 Å². The van der Waals surface area contributed by atoms with Crippen LogP contribution in [-0.4, -0.2) is 86.6 Å². The maximum absolute atomic E-state index is 2.80. The van der Waals surface area contributed by atoms with Gasteiger partial charge >= 0.3 is 0 Å². The fourth-order valence-electron chi connectivity index (χ4n) is 5.04. The van der Waals surface area contributed by atoms with Crippen molar-refractivity contribution in [3.63, 3.8) is 0 Å². The molecular weight excluding hydrogens is 526 g/mol. The van der Waals surface area contributed by atoms with Crippen molar-refractivity contribution in [1.29, 1.82) is 0 Å². The van der Waals surface area contributed by atoms with Gasteiger partial charge in [0.25, 0.3) is 45.7 Å². The molecule has 0 N–H and O–H groups in total. The molecule has 4 aliphatic rings. The van der Waals surface area contributed by atoms with E-state index in [2.05, 4.69) is 67.4 Å². The molecule has 0 saturated carbocycles. The standard InChI is InChI=1S/C18H33I2N4/c1-15-2-8-22(9-3-15)17-4-6-21(7-5-17)10-16-11-23(12-16)18-13-24(19,20)14-18/h15-18H,2-14H2,1H3/q+1. The van der Waals surface area contributed by atoms with Crippen molar-refractivity contribution in [2.24, 2.45) is 11.8 Å². The average Bonchev–Trinajstić information content (AvgIpc) is 2.50. The molecule has 0 aromatic rings. The second-order valence-corrected chi connectivity index (χ2v) is 14.4. The van der Waals surface area contributed by atoms with Gasteiger partial charge in [0.15, 0.2) is 0 Å². The quantitative estimate of drug-likeness (QED) is 0.388. The topological polar surface area (TPSA) is 9.72 Å². The highest BCUT2D eigenvalue weighted by Gasteiger charge is 2.48. The first-order valence-corrected chi connectivity index (χ1v) is 11.9. The molecular formula is C18H33I2N4+. The van der Waals surface area contributed by atoms with Gasteiger partial charge in [0, 0.05) is 25.7 Å². The van der Waals surface area contributed by atoms with Crippen molar-refractivity contribution in [1.82, 2.24) is 14.7 Å². The fraction of sp³-hybridized carbons (Fsp3) is 1.00. The van der Waals surface area contributed by atoms with Crippen LogP contribution in [0, 0.1) is 11.8 Å². The summed E-state index contributed by atoms with van der Waals surface area (Å²) in [5, 5.41) is 0. The molecule has 4 fully saturated rings. The van der Waals surface area contributed by atoms with Crippen molar-refractivity contribution in [2.45, 2.75) is 44.7 Å². The predicted octanol–water partition coefficient (Wildman–Crippen LogP) is 3.01. The Bertz CT molecular complexity index is 417. The first kappa shape index (κ1) is 18.7. The van der Waals surface area contributed by atoms with Crippen molar-refractivity contribution < 1.29 is 0.910 Å². The minimum atomic E-state index is 0.877. The zero-order valence-electron chi connectivity index (χ0n) is 15.0. The monoisotopic (exact) mass is 559 g/mol. The number of hydrogen-bond donors (Lipinski definition) is 0. The highest BCUT2D eigenvalue weighted by molar-refractivity contribution is 14.2. The maximum Gasteiger partial charge on any atom is 0.257 e. The zero-order chi connectivity index (χ0) is 16.7. The zero-order valence-corrected chi connectivity index (χ0v) is 19.4. The van der Waals surface area contributed by atoms with Crippen LogP contribution in [0.3, 0.4) is 0 Å². The Morgan fingerprint density at radius 2 is 1.46 bits per heavy atom. The summed E-state index contributed by atoms with van der Waals surface area (Å²) >= 11 is 5.15. The van der Waals surface area contributed by atoms with Gasteiger partial charge < -0.3 is 9.80 Å². The Hall–Kier alpha value is 1.30. The fourth-order valence-corrected chi connectivity index (χ4v) is 6.86. The summed E-state index contributed by atoms with van der Waals surface area (Å²) in [4.78, 5) is 8.31. The van der Waals surface area contributed by atoms with Crippen LogP contribution in [0.4, 0.5) is 0 Å². The van der Waals surface area contributed by atoms with E-state index in [9.17, 15) is 0 Å². The Balaban J connectivity index is 1.12. The molecule has 4 heterocycles. The first-order valence-electron chi connectivity index (χ1n) is 9.95. The van der Waals surface area contributed by atoms with Gasteiger partial charge in [0.2, 0.25) is 0 Å². The van der Waals surface area contributed by atoms with Crippen molar-refractivity contribution in [3.8, 4) is 0 Å². The minimum absolute atomic E-state index is 0.877. The third-order valence-electron chi connectivity index (χ3n) is 6.87. The van der Waals surface area contributed by atoms with E-state index >= 15 is 0 Å². The summed E-state index contributed by atoms with van der Waals surface area (Å²) in [6.45, 7) is 14.6. The van der Waals surface area contributed by atoms with Gasteiger partial charge in [0.05, 0.1) is 0 Å². The lowest BCUT2D eigenvalue weighted by atomic mass is 9.92. The van der Waals surface area contributed by atoms with Crippen molar-refractivity contribution in [2.75, 3.05) is 58.9 Å². The maximum atomic E-state index is 2.80. The second-order valence-electron chi connectivity index (χ2n) is 8.85. The van der Waals surface area contributed by atoms with E-state index in [1.54, 1.807) is 0 Å². The molecule has 0 aliphatic carbocycles. The molecule has 0 atom stereocenters. The van der Waals surface area contributed by atoms with Gasteiger partial charge in [0.1, 0.15) is 19.1 Å². The molecule has 0 amide bonds. The molecule has 0 bridgehead atoms. The van der Waals surface area contributed by atoms with Gasteiger partial charge in [-0.3, -0.25) is 4.90 Å². The largest absolute Gasteiger partial charge is 0.303 e. The summed E-state index contributed by atoms with van der Waals surface area (Å²) in [5.74, 6) is 1.91. The van der Waals surface area contributed by atoms with Crippen LogP contribution in [0.5, 0.6) is 0 Å². The van der Waals surface area contributed by atoms with Gasteiger partial charge in [-0.1, -0.05) is 6.92 Å². The second kappa shape index (κ2) is 7.73. The number of likely N-dealkylation sites (tertiary alicyclic amines) is 3. The summed E-state index contributed by atoms with van der Waals surface area (Å²) in [6.07, 6.45) is 5.68. The van der Waals surface area contributed by atoms with Crippen LogP contribution in [0.15, 0.2) is 0 Å². The number of hydrogen-bond acceptors (Lipinski definition) is 3. The molecule has 4 nitrogen and oxygen atoms in total. The van der Waals surface area contributed by atoms with E-state index in [0.717, 1.165) is 23.9 Å². The third kappa shape index (κ3) is 4.40. The highest BCUT2D eigenvalue weighted by atomic mass is 127. The lowest BCUT2D eigenvalue weighted by Gasteiger charge is -2.52. The lowest BCUT2D eigenvalue weighted by Crippen LogP contribution is -2.67. The van der Waals surface area contributed by atoms with Gasteiger partial charge in [-0.15, -0.1) is 0 Å². The van der Waals surface area contributed by atoms with Crippen molar-refractivity contribution in [3.05, 3.63) is 0 Å². The third-order valence-corrected chi connectivity index (χ3v) is 8.44. The molecule has 0 radical (unpaired) electrons. The number of piperidine rings is 2. The smallest absolute Gasteiger partial charge is 0.257 e. The van der Waals surface area contributed by atoms with E-state index < -0.39 is 0 Å². The highest BCUT2D eigenvalue weighted by Crippen LogP contribution is 2.38. The van der Waals surface area contributed by atoms with Crippen molar-refractivity contribution >= 4 is 45.7 Å². The number of halogens is 2. The average molecular weight is 559 g/mol. The van der Waals surface area contributed by atoms with E-state index in [4.69, 9.17) is 0 Å². The predicted molar refractivity (Wildman–Crippen MR) is 116 cm³/mol. The number of quaternary nitrogens is 1. The molecule has 0 unspecified atom stereocenters. The summed E-state index contributed by atoms with van der Waals surface area (Å²) in [6, 6.07) is 1.77. The molecule has 4 saturated heterocycles. The molecule has 0 spiro atoms. The van der Waals surface area contributed by atoms with E-state index in [1.807, 2.05) is 0 Å². The van der Waals surface area contributed by atoms with Crippen LogP contribution >= 0.6 is 45.7 Å². The van der Waals surface area contributed by atoms with Gasteiger partial charge in [-0.25, -0.2) is 0.910 Å². The Morgan fingerprint density at radius 3 is 2.04 bits per heavy atom. The molecule has 4 aliphatic heterocycles. The van der Waals surface area contributed by atoms with E-state index in [0.29, 0.717) is 0 Å². The van der Waals surface area contributed by atoms with Gasteiger partial charge in [-0.05, 0) is 63.7 Å². The normalized spacial score (nSPS) is 32.6. The molecule has 4 rings (SSSR count). The molecule has 24 heavy (non-hydrogen) atoms.